The summed E-state index contributed by atoms with van der Waals surface area (Å²) in [7, 11) is 0. The molecule has 2 heterocycles. The standard InChI is InChI=1S/C15H19GeN3O2/c1-12(14-6-5-11-20-14)18-19-15(21-16(2,3)4)13-7-9-17-10-8-13/h5-11H,1-4H3/b18-12+,19-15-. The molecular formula is C15H19GeN3O2. The molecule has 0 aromatic carbocycles. The zero-order valence-electron chi connectivity index (χ0n) is 12.7. The van der Waals surface area contributed by atoms with Gasteiger partial charge in [-0.3, -0.25) is 0 Å². The number of hydrogen-bond donors (Lipinski definition) is 0. The average Bonchev–Trinajstić information content (AvgIpc) is 2.97. The van der Waals surface area contributed by atoms with Gasteiger partial charge in [-0.15, -0.1) is 0 Å². The van der Waals surface area contributed by atoms with Crippen LogP contribution in [-0.4, -0.2) is 30.2 Å². The molecule has 6 heteroatoms. The molecule has 0 N–H and O–H groups in total. The van der Waals surface area contributed by atoms with Crippen molar-refractivity contribution in [3.63, 3.8) is 0 Å². The number of pyridine rings is 1. The zero-order chi connectivity index (χ0) is 15.3. The SMILES string of the molecule is C/C(=N\N=C(/[O][Ge]([CH3])([CH3])[CH3])c1ccncc1)c1ccco1. The number of rotatable bonds is 4. The number of aromatic nitrogens is 1. The maximum absolute atomic E-state index is 6.06. The van der Waals surface area contributed by atoms with Crippen LogP contribution in [0.2, 0.25) is 17.3 Å². The van der Waals surface area contributed by atoms with E-state index in [1.807, 2.05) is 31.2 Å². The maximum atomic E-state index is 6.06. The predicted molar refractivity (Wildman–Crippen MR) is 86.1 cm³/mol. The second-order valence-electron chi connectivity index (χ2n) is 5.52. The van der Waals surface area contributed by atoms with Crippen molar-refractivity contribution >= 4 is 25.2 Å². The normalized spacial score (nSPS) is 13.3. The topological polar surface area (TPSA) is 60.0 Å². The van der Waals surface area contributed by atoms with Gasteiger partial charge in [-0.25, -0.2) is 0 Å². The Morgan fingerprint density at radius 3 is 2.43 bits per heavy atom. The first-order valence-electron chi connectivity index (χ1n) is 6.71. The summed E-state index contributed by atoms with van der Waals surface area (Å²) in [5.41, 5.74) is 1.58. The van der Waals surface area contributed by atoms with E-state index in [1.165, 1.54) is 0 Å². The third kappa shape index (κ3) is 4.86. The van der Waals surface area contributed by atoms with E-state index in [1.54, 1.807) is 18.7 Å². The van der Waals surface area contributed by atoms with E-state index >= 15 is 0 Å². The number of nitrogens with zero attached hydrogens (tertiary/aromatic N) is 3. The van der Waals surface area contributed by atoms with Crippen LogP contribution in [-0.2, 0) is 3.76 Å². The van der Waals surface area contributed by atoms with Gasteiger partial charge in [0.1, 0.15) is 0 Å². The molecule has 0 saturated carbocycles. The van der Waals surface area contributed by atoms with E-state index in [0.29, 0.717) is 17.4 Å². The molecule has 0 aliphatic carbocycles. The monoisotopic (exact) mass is 347 g/mol. The second-order valence-corrected chi connectivity index (χ2v) is 14.8. The van der Waals surface area contributed by atoms with Gasteiger partial charge in [0.15, 0.2) is 0 Å². The molecule has 5 nitrogen and oxygen atoms in total. The van der Waals surface area contributed by atoms with E-state index < -0.39 is 13.6 Å². The van der Waals surface area contributed by atoms with Crippen LogP contribution < -0.4 is 0 Å². The molecule has 0 atom stereocenters. The van der Waals surface area contributed by atoms with E-state index in [0.717, 1.165) is 5.56 Å². The number of furan rings is 1. The summed E-state index contributed by atoms with van der Waals surface area (Å²) >= 11 is -2.28. The van der Waals surface area contributed by atoms with Crippen LogP contribution in [0.3, 0.4) is 0 Å². The Labute approximate surface area is 127 Å². The summed E-state index contributed by atoms with van der Waals surface area (Å²) in [6, 6.07) is 7.40. The molecule has 0 bridgehead atoms. The van der Waals surface area contributed by atoms with Crippen LogP contribution in [0.4, 0.5) is 0 Å². The van der Waals surface area contributed by atoms with Crippen molar-refractivity contribution in [3.8, 4) is 0 Å². The van der Waals surface area contributed by atoms with E-state index in [4.69, 9.17) is 8.18 Å². The summed E-state index contributed by atoms with van der Waals surface area (Å²) in [4.78, 5) is 4.01. The quantitative estimate of drug-likeness (QED) is 0.367. The Hall–Kier alpha value is -1.89. The third-order valence-electron chi connectivity index (χ3n) is 2.50. The van der Waals surface area contributed by atoms with Crippen LogP contribution in [0.15, 0.2) is 57.5 Å². The van der Waals surface area contributed by atoms with Gasteiger partial charge >= 0.3 is 127 Å². The van der Waals surface area contributed by atoms with Crippen LogP contribution in [0, 0.1) is 0 Å². The van der Waals surface area contributed by atoms with Crippen LogP contribution in [0.1, 0.15) is 18.2 Å². The molecule has 0 aliphatic rings. The molecule has 0 spiro atoms. The molecule has 0 amide bonds. The van der Waals surface area contributed by atoms with Crippen molar-refractivity contribution in [3.05, 3.63) is 54.2 Å². The fourth-order valence-corrected chi connectivity index (χ4v) is 3.13. The predicted octanol–water partition coefficient (Wildman–Crippen LogP) is 3.70. The van der Waals surface area contributed by atoms with Gasteiger partial charge in [0.05, 0.1) is 0 Å². The Morgan fingerprint density at radius 2 is 1.86 bits per heavy atom. The Kier molecular flexibility index (Phi) is 4.95. The van der Waals surface area contributed by atoms with Crippen molar-refractivity contribution in [2.75, 3.05) is 0 Å². The van der Waals surface area contributed by atoms with Gasteiger partial charge in [-0.05, 0) is 0 Å². The summed E-state index contributed by atoms with van der Waals surface area (Å²) in [6.45, 7) is 1.85. The molecule has 0 fully saturated rings. The molecule has 2 aromatic heterocycles. The molecule has 0 radical (unpaired) electrons. The van der Waals surface area contributed by atoms with Crippen molar-refractivity contribution in [2.24, 2.45) is 10.2 Å². The molecule has 0 aliphatic heterocycles. The van der Waals surface area contributed by atoms with Gasteiger partial charge in [0.25, 0.3) is 0 Å². The van der Waals surface area contributed by atoms with E-state index in [2.05, 4.69) is 32.5 Å². The fourth-order valence-electron chi connectivity index (χ4n) is 1.58. The van der Waals surface area contributed by atoms with Gasteiger partial charge in [-0.2, -0.15) is 0 Å². The van der Waals surface area contributed by atoms with Crippen molar-refractivity contribution in [1.29, 1.82) is 0 Å². The molecule has 0 unspecified atom stereocenters. The Bertz CT molecular complexity index is 629. The molecule has 21 heavy (non-hydrogen) atoms. The number of hydrogen-bond acceptors (Lipinski definition) is 5. The van der Waals surface area contributed by atoms with Crippen molar-refractivity contribution in [1.82, 2.24) is 4.98 Å². The van der Waals surface area contributed by atoms with Crippen LogP contribution in [0.5, 0.6) is 0 Å². The van der Waals surface area contributed by atoms with Gasteiger partial charge in [-0.1, -0.05) is 0 Å². The van der Waals surface area contributed by atoms with Gasteiger partial charge in [0.2, 0.25) is 0 Å². The van der Waals surface area contributed by atoms with Crippen LogP contribution in [0.25, 0.3) is 0 Å². The molecule has 110 valence electrons. The van der Waals surface area contributed by atoms with Gasteiger partial charge < -0.3 is 0 Å². The summed E-state index contributed by atoms with van der Waals surface area (Å²) in [5.74, 6) is 7.69. The van der Waals surface area contributed by atoms with E-state index in [9.17, 15) is 0 Å². The molecule has 2 rings (SSSR count). The Morgan fingerprint density at radius 1 is 1.14 bits per heavy atom. The first kappa shape index (κ1) is 15.5. The minimum atomic E-state index is -2.28. The molecule has 0 saturated heterocycles. The summed E-state index contributed by atoms with van der Waals surface area (Å²) < 4.78 is 11.4. The Balaban J connectivity index is 2.31. The average molecular weight is 346 g/mol. The first-order valence-corrected chi connectivity index (χ1v) is 13.9. The van der Waals surface area contributed by atoms with E-state index in [-0.39, 0.29) is 0 Å². The molecular weight excluding hydrogens is 327 g/mol. The zero-order valence-corrected chi connectivity index (χ0v) is 14.8. The first-order chi connectivity index (χ1) is 9.96. The van der Waals surface area contributed by atoms with Crippen LogP contribution >= 0.6 is 0 Å². The van der Waals surface area contributed by atoms with Gasteiger partial charge in [0, 0.05) is 0 Å². The second kappa shape index (κ2) is 6.71. The van der Waals surface area contributed by atoms with Crippen molar-refractivity contribution < 1.29 is 8.18 Å². The summed E-state index contributed by atoms with van der Waals surface area (Å²) in [6.07, 6.45) is 5.04. The molecule has 2 aromatic rings. The van der Waals surface area contributed by atoms with Crippen molar-refractivity contribution in [2.45, 2.75) is 24.2 Å². The minimum absolute atomic E-state index is 0.538. The summed E-state index contributed by atoms with van der Waals surface area (Å²) in [5, 5.41) is 8.50. The third-order valence-corrected chi connectivity index (χ3v) is 4.19. The fraction of sp³-hybridized carbons (Fsp3) is 0.267.